The molecule has 0 saturated carbocycles. The normalized spacial score (nSPS) is 11.1. The van der Waals surface area contributed by atoms with Gasteiger partial charge < -0.3 is 9.72 Å². The van der Waals surface area contributed by atoms with Crippen LogP contribution in [0, 0.1) is 0 Å². The quantitative estimate of drug-likeness (QED) is 0.581. The van der Waals surface area contributed by atoms with Gasteiger partial charge >= 0.3 is 0 Å². The van der Waals surface area contributed by atoms with Gasteiger partial charge in [-0.25, -0.2) is 4.98 Å². The van der Waals surface area contributed by atoms with Crippen LogP contribution in [0.1, 0.15) is 5.56 Å². The fraction of sp³-hybridized carbons (Fsp3) is 0.0556. The highest BCUT2D eigenvalue weighted by Crippen LogP contribution is 2.33. The molecule has 0 unspecified atom stereocenters. The summed E-state index contributed by atoms with van der Waals surface area (Å²) in [4.78, 5) is 7.42. The van der Waals surface area contributed by atoms with Gasteiger partial charge in [-0.2, -0.15) is 0 Å². The van der Waals surface area contributed by atoms with Gasteiger partial charge in [-0.3, -0.25) is 0 Å². The predicted molar refractivity (Wildman–Crippen MR) is 89.4 cm³/mol. The van der Waals surface area contributed by atoms with Crippen LogP contribution in [0.3, 0.4) is 0 Å². The van der Waals surface area contributed by atoms with Crippen molar-refractivity contribution in [3.05, 3.63) is 71.5 Å². The molecule has 3 aromatic carbocycles. The van der Waals surface area contributed by atoms with E-state index in [2.05, 4.69) is 9.97 Å². The molecule has 4 heteroatoms. The Morgan fingerprint density at radius 3 is 2.50 bits per heavy atom. The van der Waals surface area contributed by atoms with Crippen LogP contribution in [-0.4, -0.2) is 9.97 Å². The maximum absolute atomic E-state index is 6.03. The molecule has 0 spiro atoms. The van der Waals surface area contributed by atoms with Crippen molar-refractivity contribution in [2.24, 2.45) is 0 Å². The van der Waals surface area contributed by atoms with Crippen molar-refractivity contribution in [3.8, 4) is 5.75 Å². The molecule has 1 aromatic heterocycles. The lowest BCUT2D eigenvalue weighted by Crippen LogP contribution is -1.96. The Morgan fingerprint density at radius 2 is 1.68 bits per heavy atom. The standard InChI is InChI=1S/C18H13ClN2O/c19-18-20-15-10-16(22-11-12-6-2-1-3-7-12)13-8-4-5-9-14(13)17(15)21-18/h1-10H,11H2,(H,20,21). The Hall–Kier alpha value is -2.52. The number of benzene rings is 3. The lowest BCUT2D eigenvalue weighted by atomic mass is 10.1. The zero-order chi connectivity index (χ0) is 14.9. The number of halogens is 1. The van der Waals surface area contributed by atoms with E-state index < -0.39 is 0 Å². The fourth-order valence-corrected chi connectivity index (χ4v) is 2.82. The zero-order valence-electron chi connectivity index (χ0n) is 11.7. The molecule has 0 fully saturated rings. The molecular formula is C18H13ClN2O. The van der Waals surface area contributed by atoms with Crippen molar-refractivity contribution in [1.82, 2.24) is 9.97 Å². The molecule has 1 heterocycles. The molecule has 0 aliphatic carbocycles. The first kappa shape index (κ1) is 13.2. The summed E-state index contributed by atoms with van der Waals surface area (Å²) >= 11 is 6.00. The van der Waals surface area contributed by atoms with Gasteiger partial charge in [0.2, 0.25) is 5.28 Å². The van der Waals surface area contributed by atoms with Crippen molar-refractivity contribution in [2.75, 3.05) is 0 Å². The van der Waals surface area contributed by atoms with E-state index in [1.807, 2.05) is 60.7 Å². The molecule has 0 radical (unpaired) electrons. The van der Waals surface area contributed by atoms with Crippen LogP contribution in [0.2, 0.25) is 5.28 Å². The summed E-state index contributed by atoms with van der Waals surface area (Å²) in [5, 5.41) is 2.46. The highest BCUT2D eigenvalue weighted by atomic mass is 35.5. The summed E-state index contributed by atoms with van der Waals surface area (Å²) in [7, 11) is 0. The molecule has 108 valence electrons. The molecular weight excluding hydrogens is 296 g/mol. The van der Waals surface area contributed by atoms with E-state index in [0.29, 0.717) is 11.9 Å². The Bertz CT molecular complexity index is 947. The summed E-state index contributed by atoms with van der Waals surface area (Å²) in [6.45, 7) is 0.526. The van der Waals surface area contributed by atoms with E-state index in [1.165, 1.54) is 0 Å². The minimum absolute atomic E-state index is 0.389. The maximum Gasteiger partial charge on any atom is 0.201 e. The topological polar surface area (TPSA) is 37.9 Å². The first-order chi connectivity index (χ1) is 10.8. The third-order valence-corrected chi connectivity index (χ3v) is 3.84. The summed E-state index contributed by atoms with van der Waals surface area (Å²) in [5.74, 6) is 0.826. The average molecular weight is 309 g/mol. The number of aromatic amines is 1. The van der Waals surface area contributed by atoms with Crippen LogP contribution in [0.15, 0.2) is 60.7 Å². The number of H-pyrrole nitrogens is 1. The molecule has 4 aromatic rings. The van der Waals surface area contributed by atoms with Crippen molar-refractivity contribution in [2.45, 2.75) is 6.61 Å². The molecule has 22 heavy (non-hydrogen) atoms. The minimum Gasteiger partial charge on any atom is -0.488 e. The van der Waals surface area contributed by atoms with Crippen LogP contribution >= 0.6 is 11.6 Å². The van der Waals surface area contributed by atoms with E-state index in [-0.39, 0.29) is 0 Å². The number of hydrogen-bond donors (Lipinski definition) is 1. The number of nitrogens with one attached hydrogen (secondary N) is 1. The Balaban J connectivity index is 1.81. The summed E-state index contributed by atoms with van der Waals surface area (Å²) in [6.07, 6.45) is 0. The number of rotatable bonds is 3. The number of fused-ring (bicyclic) bond motifs is 3. The highest BCUT2D eigenvalue weighted by molar-refractivity contribution is 6.29. The van der Waals surface area contributed by atoms with E-state index in [1.54, 1.807) is 0 Å². The van der Waals surface area contributed by atoms with Gasteiger partial charge in [0.25, 0.3) is 0 Å². The molecule has 0 amide bonds. The second kappa shape index (κ2) is 5.35. The number of hydrogen-bond acceptors (Lipinski definition) is 2. The molecule has 1 N–H and O–H groups in total. The number of nitrogens with zero attached hydrogens (tertiary/aromatic N) is 1. The van der Waals surface area contributed by atoms with Gasteiger partial charge in [0.1, 0.15) is 12.4 Å². The number of ether oxygens (including phenoxy) is 1. The summed E-state index contributed by atoms with van der Waals surface area (Å²) < 4.78 is 6.03. The van der Waals surface area contributed by atoms with Gasteiger partial charge in [0, 0.05) is 16.8 Å². The first-order valence-electron chi connectivity index (χ1n) is 7.05. The third kappa shape index (κ3) is 2.30. The molecule has 3 nitrogen and oxygen atoms in total. The average Bonchev–Trinajstić information content (AvgIpc) is 2.94. The lowest BCUT2D eigenvalue weighted by Gasteiger charge is -2.10. The van der Waals surface area contributed by atoms with Gasteiger partial charge in [-0.05, 0) is 17.2 Å². The van der Waals surface area contributed by atoms with Crippen LogP contribution < -0.4 is 4.74 Å². The van der Waals surface area contributed by atoms with Crippen molar-refractivity contribution >= 4 is 33.4 Å². The number of imidazole rings is 1. The Kier molecular flexibility index (Phi) is 3.20. The second-order valence-corrected chi connectivity index (χ2v) is 5.48. The summed E-state index contributed by atoms with van der Waals surface area (Å²) in [5.41, 5.74) is 2.88. The monoisotopic (exact) mass is 308 g/mol. The second-order valence-electron chi connectivity index (χ2n) is 5.12. The van der Waals surface area contributed by atoms with Crippen molar-refractivity contribution < 1.29 is 4.74 Å². The first-order valence-corrected chi connectivity index (χ1v) is 7.43. The summed E-state index contributed by atoms with van der Waals surface area (Å²) in [6, 6.07) is 20.1. The zero-order valence-corrected chi connectivity index (χ0v) is 12.5. The van der Waals surface area contributed by atoms with Crippen molar-refractivity contribution in [3.63, 3.8) is 0 Å². The Labute approximate surface area is 132 Å². The largest absolute Gasteiger partial charge is 0.488 e. The molecule has 4 rings (SSSR count). The molecule has 0 aliphatic heterocycles. The van der Waals surface area contributed by atoms with Crippen LogP contribution in [-0.2, 0) is 6.61 Å². The number of aromatic nitrogens is 2. The van der Waals surface area contributed by atoms with Crippen LogP contribution in [0.4, 0.5) is 0 Å². The van der Waals surface area contributed by atoms with Gasteiger partial charge in [-0.15, -0.1) is 0 Å². The highest BCUT2D eigenvalue weighted by Gasteiger charge is 2.11. The predicted octanol–water partition coefficient (Wildman–Crippen LogP) is 4.95. The van der Waals surface area contributed by atoms with Crippen molar-refractivity contribution in [1.29, 1.82) is 0 Å². The lowest BCUT2D eigenvalue weighted by molar-refractivity contribution is 0.310. The van der Waals surface area contributed by atoms with E-state index in [9.17, 15) is 0 Å². The minimum atomic E-state index is 0.389. The molecule has 0 atom stereocenters. The van der Waals surface area contributed by atoms with E-state index >= 15 is 0 Å². The SMILES string of the molecule is Clc1nc2c(cc(OCc3ccccc3)c3ccccc32)[nH]1. The fourth-order valence-electron chi connectivity index (χ4n) is 2.63. The van der Waals surface area contributed by atoms with Crippen LogP contribution in [0.25, 0.3) is 21.8 Å². The third-order valence-electron chi connectivity index (χ3n) is 3.66. The van der Waals surface area contributed by atoms with E-state index in [4.69, 9.17) is 16.3 Å². The maximum atomic E-state index is 6.03. The van der Waals surface area contributed by atoms with Crippen LogP contribution in [0.5, 0.6) is 5.75 Å². The molecule has 0 aliphatic rings. The van der Waals surface area contributed by atoms with E-state index in [0.717, 1.165) is 33.1 Å². The van der Waals surface area contributed by atoms with Gasteiger partial charge in [-0.1, -0.05) is 54.6 Å². The van der Waals surface area contributed by atoms with Gasteiger partial charge in [0.15, 0.2) is 0 Å². The Morgan fingerprint density at radius 1 is 0.955 bits per heavy atom. The van der Waals surface area contributed by atoms with Gasteiger partial charge in [0.05, 0.1) is 11.0 Å². The smallest absolute Gasteiger partial charge is 0.201 e. The molecule has 0 saturated heterocycles. The molecule has 0 bridgehead atoms.